The van der Waals surface area contributed by atoms with Gasteiger partial charge in [0.1, 0.15) is 5.82 Å². The Morgan fingerprint density at radius 3 is 2.89 bits per heavy atom. The zero-order chi connectivity index (χ0) is 13.1. The van der Waals surface area contributed by atoms with Gasteiger partial charge in [0, 0.05) is 17.7 Å². The van der Waals surface area contributed by atoms with E-state index in [1.54, 1.807) is 0 Å². The quantitative estimate of drug-likeness (QED) is 0.774. The molecule has 1 atom stereocenters. The number of rotatable bonds is 4. The molecule has 3 nitrogen and oxygen atoms in total. The summed E-state index contributed by atoms with van der Waals surface area (Å²) < 4.78 is 2.33. The molecule has 0 N–H and O–H groups in total. The molecule has 0 saturated heterocycles. The maximum atomic E-state index is 4.44. The van der Waals surface area contributed by atoms with Crippen molar-refractivity contribution in [3.63, 3.8) is 0 Å². The Hall–Kier alpha value is -0.770. The van der Waals surface area contributed by atoms with E-state index in [0.717, 1.165) is 11.7 Å². The summed E-state index contributed by atoms with van der Waals surface area (Å²) in [7, 11) is 0. The highest BCUT2D eigenvalue weighted by molar-refractivity contribution is 7.99. The number of nitrogens with zero attached hydrogens (tertiary/aromatic N) is 3. The summed E-state index contributed by atoms with van der Waals surface area (Å²) in [5.74, 6) is 1.91. The Balaban J connectivity index is 1.72. The largest absolute Gasteiger partial charge is 0.306 e. The molecule has 2 aliphatic carbocycles. The van der Waals surface area contributed by atoms with Gasteiger partial charge in [-0.1, -0.05) is 36.8 Å². The second kappa shape index (κ2) is 6.12. The van der Waals surface area contributed by atoms with Crippen molar-refractivity contribution in [1.82, 2.24) is 14.8 Å². The van der Waals surface area contributed by atoms with E-state index in [-0.39, 0.29) is 0 Å². The average Bonchev–Trinajstić information content (AvgIpc) is 3.14. The molecule has 0 spiro atoms. The van der Waals surface area contributed by atoms with Crippen molar-refractivity contribution < 1.29 is 0 Å². The van der Waals surface area contributed by atoms with Gasteiger partial charge in [-0.15, -0.1) is 10.2 Å². The first-order valence-electron chi connectivity index (χ1n) is 7.65. The lowest BCUT2D eigenvalue weighted by molar-refractivity contribution is 0.630. The van der Waals surface area contributed by atoms with E-state index in [1.165, 1.54) is 50.8 Å². The molecule has 1 aromatic heterocycles. The summed E-state index contributed by atoms with van der Waals surface area (Å²) in [4.78, 5) is 0. The van der Waals surface area contributed by atoms with Gasteiger partial charge in [-0.2, -0.15) is 0 Å². The molecule has 104 valence electrons. The lowest BCUT2D eigenvalue weighted by Gasteiger charge is -2.15. The fourth-order valence-corrected chi connectivity index (χ4v) is 3.87. The average molecular weight is 277 g/mol. The Morgan fingerprint density at radius 1 is 1.21 bits per heavy atom. The molecule has 1 fully saturated rings. The van der Waals surface area contributed by atoms with Gasteiger partial charge in [0.2, 0.25) is 0 Å². The van der Waals surface area contributed by atoms with Gasteiger partial charge in [0.05, 0.1) is 0 Å². The van der Waals surface area contributed by atoms with E-state index in [0.29, 0.717) is 11.2 Å². The zero-order valence-corrected chi connectivity index (χ0v) is 12.5. The molecule has 0 aliphatic heterocycles. The molecule has 2 aliphatic rings. The molecule has 1 aromatic rings. The molecule has 0 radical (unpaired) electrons. The number of thioether (sulfide) groups is 1. The molecule has 0 aromatic carbocycles. The van der Waals surface area contributed by atoms with Crippen LogP contribution in [-0.2, 0) is 6.54 Å². The van der Waals surface area contributed by atoms with Crippen LogP contribution in [0.4, 0.5) is 0 Å². The molecule has 0 bridgehead atoms. The maximum Gasteiger partial charge on any atom is 0.191 e. The van der Waals surface area contributed by atoms with Crippen LogP contribution in [0.15, 0.2) is 17.3 Å². The smallest absolute Gasteiger partial charge is 0.191 e. The highest BCUT2D eigenvalue weighted by atomic mass is 32.2. The van der Waals surface area contributed by atoms with Crippen LogP contribution in [0.5, 0.6) is 0 Å². The maximum absolute atomic E-state index is 4.44. The number of hydrogen-bond donors (Lipinski definition) is 0. The van der Waals surface area contributed by atoms with Gasteiger partial charge in [-0.05, 0) is 39.0 Å². The van der Waals surface area contributed by atoms with Crippen molar-refractivity contribution in [2.24, 2.45) is 0 Å². The molecular formula is C15H23N3S. The Kier molecular flexibility index (Phi) is 4.26. The summed E-state index contributed by atoms with van der Waals surface area (Å²) in [5.41, 5.74) is 0. The molecule has 1 saturated carbocycles. The van der Waals surface area contributed by atoms with Gasteiger partial charge in [-0.25, -0.2) is 0 Å². The lowest BCUT2D eigenvalue weighted by atomic mass is 10.1. The summed E-state index contributed by atoms with van der Waals surface area (Å²) in [6.45, 7) is 3.20. The van der Waals surface area contributed by atoms with E-state index in [2.05, 4.69) is 33.8 Å². The predicted molar refractivity (Wildman–Crippen MR) is 79.5 cm³/mol. The second-order valence-corrected chi connectivity index (χ2v) is 6.79. The molecule has 1 unspecified atom stereocenters. The topological polar surface area (TPSA) is 30.7 Å². The molecule has 4 heteroatoms. The number of allylic oxidation sites excluding steroid dienone is 1. The van der Waals surface area contributed by atoms with Crippen molar-refractivity contribution in [3.05, 3.63) is 18.0 Å². The third kappa shape index (κ3) is 3.22. The van der Waals surface area contributed by atoms with Gasteiger partial charge >= 0.3 is 0 Å². The molecule has 1 heterocycles. The Morgan fingerprint density at radius 2 is 2.11 bits per heavy atom. The van der Waals surface area contributed by atoms with Crippen molar-refractivity contribution >= 4 is 11.8 Å². The van der Waals surface area contributed by atoms with Crippen LogP contribution < -0.4 is 0 Å². The minimum Gasteiger partial charge on any atom is -0.306 e. The SMILES string of the molecule is CCn1c(SC2C=CCCCCC2)nnc1C1CC1. The normalized spacial score (nSPS) is 24.2. The predicted octanol–water partition coefficient (Wildman–Crippen LogP) is 4.16. The minimum atomic E-state index is 0.585. The molecule has 19 heavy (non-hydrogen) atoms. The fraction of sp³-hybridized carbons (Fsp3) is 0.733. The number of hydrogen-bond acceptors (Lipinski definition) is 3. The summed E-state index contributed by atoms with van der Waals surface area (Å²) in [5, 5.41) is 10.6. The third-order valence-corrected chi connectivity index (χ3v) is 5.18. The van der Waals surface area contributed by atoms with Crippen molar-refractivity contribution in [2.45, 2.75) is 74.7 Å². The summed E-state index contributed by atoms with van der Waals surface area (Å²) >= 11 is 1.91. The molecule has 3 rings (SSSR count). The van der Waals surface area contributed by atoms with E-state index < -0.39 is 0 Å². The van der Waals surface area contributed by atoms with Gasteiger partial charge in [0.25, 0.3) is 0 Å². The second-order valence-electron chi connectivity index (χ2n) is 5.58. The van der Waals surface area contributed by atoms with Crippen LogP contribution in [-0.4, -0.2) is 20.0 Å². The summed E-state index contributed by atoms with van der Waals surface area (Å²) in [6, 6.07) is 0. The first-order chi connectivity index (χ1) is 9.38. The van der Waals surface area contributed by atoms with E-state index in [9.17, 15) is 0 Å². The standard InChI is InChI=1S/C15H23N3S/c1-2-18-14(12-10-11-12)16-17-15(18)19-13-8-6-4-3-5-7-9-13/h6,8,12-13H,2-5,7,9-11H2,1H3. The Labute approximate surface area is 119 Å². The van der Waals surface area contributed by atoms with Crippen LogP contribution in [0, 0.1) is 0 Å². The van der Waals surface area contributed by atoms with Gasteiger partial charge in [-0.3, -0.25) is 0 Å². The van der Waals surface area contributed by atoms with Gasteiger partial charge < -0.3 is 4.57 Å². The van der Waals surface area contributed by atoms with Crippen LogP contribution in [0.25, 0.3) is 0 Å². The molecular weight excluding hydrogens is 254 g/mol. The van der Waals surface area contributed by atoms with Crippen molar-refractivity contribution in [1.29, 1.82) is 0 Å². The van der Waals surface area contributed by atoms with Crippen LogP contribution in [0.1, 0.15) is 63.6 Å². The highest BCUT2D eigenvalue weighted by Gasteiger charge is 2.30. The lowest BCUT2D eigenvalue weighted by Crippen LogP contribution is -2.06. The van der Waals surface area contributed by atoms with E-state index >= 15 is 0 Å². The van der Waals surface area contributed by atoms with E-state index in [1.807, 2.05) is 11.8 Å². The fourth-order valence-electron chi connectivity index (χ4n) is 2.69. The van der Waals surface area contributed by atoms with Crippen LogP contribution >= 0.6 is 11.8 Å². The monoisotopic (exact) mass is 277 g/mol. The minimum absolute atomic E-state index is 0.585. The van der Waals surface area contributed by atoms with Crippen LogP contribution in [0.2, 0.25) is 0 Å². The van der Waals surface area contributed by atoms with Gasteiger partial charge in [0.15, 0.2) is 5.16 Å². The van der Waals surface area contributed by atoms with Crippen LogP contribution in [0.3, 0.4) is 0 Å². The summed E-state index contributed by atoms with van der Waals surface area (Å²) in [6.07, 6.45) is 13.9. The third-order valence-electron chi connectivity index (χ3n) is 3.97. The van der Waals surface area contributed by atoms with Crippen molar-refractivity contribution in [2.75, 3.05) is 0 Å². The molecule has 0 amide bonds. The van der Waals surface area contributed by atoms with Crippen molar-refractivity contribution in [3.8, 4) is 0 Å². The Bertz CT molecular complexity index is 448. The first-order valence-corrected chi connectivity index (χ1v) is 8.53. The number of aromatic nitrogens is 3. The first kappa shape index (κ1) is 13.2. The van der Waals surface area contributed by atoms with E-state index in [4.69, 9.17) is 0 Å². The zero-order valence-electron chi connectivity index (χ0n) is 11.7. The highest BCUT2D eigenvalue weighted by Crippen LogP contribution is 2.40.